The summed E-state index contributed by atoms with van der Waals surface area (Å²) < 4.78 is 11.3. The van der Waals surface area contributed by atoms with Gasteiger partial charge in [-0.05, 0) is 62.1 Å². The summed E-state index contributed by atoms with van der Waals surface area (Å²) in [6.07, 6.45) is 1.27. The number of benzene rings is 2. The maximum atomic E-state index is 12.9. The zero-order valence-electron chi connectivity index (χ0n) is 17.5. The Morgan fingerprint density at radius 2 is 1.86 bits per heavy atom. The molecule has 1 fully saturated rings. The number of thioether (sulfide) groups is 1. The Balaban J connectivity index is 1.70. The fourth-order valence-corrected chi connectivity index (χ4v) is 4.09. The topological polar surface area (TPSA) is 51.1 Å². The molecule has 29 heavy (non-hydrogen) atoms. The second-order valence-electron chi connectivity index (χ2n) is 7.18. The number of nitrogens with zero attached hydrogens (tertiary/aromatic N) is 2. The Labute approximate surface area is 177 Å². The summed E-state index contributed by atoms with van der Waals surface area (Å²) >= 11 is 1.61. The van der Waals surface area contributed by atoms with E-state index in [0.29, 0.717) is 25.3 Å². The molecular weight excluding hydrogens is 384 g/mol. The van der Waals surface area contributed by atoms with Crippen LogP contribution in [0.2, 0.25) is 0 Å². The van der Waals surface area contributed by atoms with Crippen molar-refractivity contribution < 1.29 is 14.3 Å². The largest absolute Gasteiger partial charge is 0.494 e. The minimum atomic E-state index is 0.0351. The molecule has 1 saturated heterocycles. The lowest BCUT2D eigenvalue weighted by Crippen LogP contribution is -2.39. The fraction of sp³-hybridized carbons (Fsp3) is 0.391. The van der Waals surface area contributed by atoms with Crippen molar-refractivity contribution in [2.24, 2.45) is 4.99 Å². The van der Waals surface area contributed by atoms with E-state index >= 15 is 0 Å². The Bertz CT molecular complexity index is 911. The predicted molar refractivity (Wildman–Crippen MR) is 120 cm³/mol. The van der Waals surface area contributed by atoms with Gasteiger partial charge in [0.25, 0.3) is 0 Å². The van der Waals surface area contributed by atoms with Gasteiger partial charge in [0, 0.05) is 12.3 Å². The number of amidine groups is 1. The highest BCUT2D eigenvalue weighted by atomic mass is 32.2. The third-order valence-electron chi connectivity index (χ3n) is 4.76. The smallest absolute Gasteiger partial charge is 0.231 e. The molecule has 154 valence electrons. The fourth-order valence-electron chi connectivity index (χ4n) is 3.12. The van der Waals surface area contributed by atoms with Crippen molar-refractivity contribution in [3.63, 3.8) is 0 Å². The van der Waals surface area contributed by atoms with Gasteiger partial charge in [0.05, 0.1) is 20.1 Å². The minimum absolute atomic E-state index is 0.0351. The first kappa shape index (κ1) is 21.2. The number of rotatable bonds is 6. The molecule has 0 aliphatic carbocycles. The van der Waals surface area contributed by atoms with Gasteiger partial charge in [-0.2, -0.15) is 0 Å². The second kappa shape index (κ2) is 9.83. The van der Waals surface area contributed by atoms with Crippen molar-refractivity contribution in [3.8, 4) is 11.5 Å². The molecule has 0 N–H and O–H groups in total. The van der Waals surface area contributed by atoms with Crippen LogP contribution in [0.15, 0.2) is 41.4 Å². The maximum absolute atomic E-state index is 12.9. The van der Waals surface area contributed by atoms with E-state index in [2.05, 4.69) is 6.07 Å². The molecule has 0 spiro atoms. The lowest BCUT2D eigenvalue weighted by molar-refractivity contribution is -0.127. The van der Waals surface area contributed by atoms with Crippen LogP contribution in [0.5, 0.6) is 11.5 Å². The van der Waals surface area contributed by atoms with Gasteiger partial charge in [-0.3, -0.25) is 9.69 Å². The zero-order valence-corrected chi connectivity index (χ0v) is 18.3. The van der Waals surface area contributed by atoms with Crippen LogP contribution in [-0.4, -0.2) is 42.0 Å². The van der Waals surface area contributed by atoms with Gasteiger partial charge in [0.1, 0.15) is 17.2 Å². The van der Waals surface area contributed by atoms with E-state index in [9.17, 15) is 4.79 Å². The van der Waals surface area contributed by atoms with Crippen molar-refractivity contribution in [3.05, 3.63) is 53.1 Å². The molecule has 1 aliphatic rings. The first-order valence-corrected chi connectivity index (χ1v) is 10.8. The quantitative estimate of drug-likeness (QED) is 0.667. The zero-order chi connectivity index (χ0) is 20.8. The Morgan fingerprint density at radius 3 is 2.66 bits per heavy atom. The molecule has 6 heteroatoms. The molecule has 0 unspecified atom stereocenters. The summed E-state index contributed by atoms with van der Waals surface area (Å²) in [7, 11) is 1.63. The highest BCUT2D eigenvalue weighted by Gasteiger charge is 2.24. The summed E-state index contributed by atoms with van der Waals surface area (Å²) in [6, 6.07) is 12.0. The number of methoxy groups -OCH3 is 1. The maximum Gasteiger partial charge on any atom is 0.231 e. The third kappa shape index (κ3) is 5.54. The summed E-state index contributed by atoms with van der Waals surface area (Å²) in [5.74, 6) is 2.53. The lowest BCUT2D eigenvalue weighted by Gasteiger charge is -2.28. The average molecular weight is 413 g/mol. The van der Waals surface area contributed by atoms with Crippen LogP contribution in [0.3, 0.4) is 0 Å². The van der Waals surface area contributed by atoms with Crippen LogP contribution >= 0.6 is 11.8 Å². The third-order valence-corrected chi connectivity index (χ3v) is 5.82. The number of hydrogen-bond acceptors (Lipinski definition) is 5. The van der Waals surface area contributed by atoms with E-state index in [1.54, 1.807) is 23.8 Å². The summed E-state index contributed by atoms with van der Waals surface area (Å²) in [4.78, 5) is 19.4. The molecule has 1 heterocycles. The van der Waals surface area contributed by atoms with E-state index in [4.69, 9.17) is 14.5 Å². The highest BCUT2D eigenvalue weighted by Crippen LogP contribution is 2.31. The van der Waals surface area contributed by atoms with Crippen LogP contribution in [0, 0.1) is 20.8 Å². The molecule has 2 aromatic rings. The normalized spacial score (nSPS) is 15.4. The number of carbonyl (C=O) groups excluding carboxylic acids is 1. The molecular formula is C23H28N2O3S. The molecule has 1 aliphatic heterocycles. The van der Waals surface area contributed by atoms with Crippen LogP contribution in [0.1, 0.15) is 29.5 Å². The molecule has 1 amide bonds. The van der Waals surface area contributed by atoms with Crippen LogP contribution in [-0.2, 0) is 4.79 Å². The second-order valence-corrected chi connectivity index (χ2v) is 8.25. The average Bonchev–Trinajstić information content (AvgIpc) is 2.71. The first-order valence-electron chi connectivity index (χ1n) is 9.84. The molecule has 0 bridgehead atoms. The van der Waals surface area contributed by atoms with E-state index in [1.807, 2.05) is 51.1 Å². The number of ether oxygens (including phenoxy) is 2. The number of carbonyl (C=O) groups is 1. The first-order chi connectivity index (χ1) is 14.0. The molecule has 0 radical (unpaired) electrons. The van der Waals surface area contributed by atoms with Gasteiger partial charge < -0.3 is 9.47 Å². The number of amides is 1. The summed E-state index contributed by atoms with van der Waals surface area (Å²) in [6.45, 7) is 7.10. The van der Waals surface area contributed by atoms with Gasteiger partial charge in [0.2, 0.25) is 5.91 Å². The van der Waals surface area contributed by atoms with E-state index in [0.717, 1.165) is 45.5 Å². The van der Waals surface area contributed by atoms with Gasteiger partial charge in [-0.15, -0.1) is 0 Å². The van der Waals surface area contributed by atoms with Gasteiger partial charge >= 0.3 is 0 Å². The Hall–Kier alpha value is -2.47. The molecule has 2 aromatic carbocycles. The molecule has 0 saturated carbocycles. The highest BCUT2D eigenvalue weighted by molar-refractivity contribution is 8.13. The molecule has 0 atom stereocenters. The van der Waals surface area contributed by atoms with Crippen molar-refractivity contribution in [2.45, 2.75) is 33.6 Å². The summed E-state index contributed by atoms with van der Waals surface area (Å²) in [5, 5.41) is 0.733. The minimum Gasteiger partial charge on any atom is -0.494 e. The van der Waals surface area contributed by atoms with Crippen LogP contribution in [0.25, 0.3) is 0 Å². The van der Waals surface area contributed by atoms with Gasteiger partial charge in [0.15, 0.2) is 5.17 Å². The van der Waals surface area contributed by atoms with E-state index < -0.39 is 0 Å². The standard InChI is InChI=1S/C23H28N2O3S/c1-16-7-9-20(27-4)19(14-16)24-23-25(11-5-13-29-23)22(26)10-12-28-21-15-17(2)6-8-18(21)3/h6-9,14-15H,5,10-13H2,1-4H3. The van der Waals surface area contributed by atoms with E-state index in [1.165, 1.54) is 0 Å². The number of aliphatic imine (C=N–C) groups is 1. The molecule has 3 rings (SSSR count). The lowest BCUT2D eigenvalue weighted by atomic mass is 10.1. The number of aryl methyl sites for hydroxylation is 3. The monoisotopic (exact) mass is 412 g/mol. The van der Waals surface area contributed by atoms with E-state index in [-0.39, 0.29) is 5.91 Å². The Kier molecular flexibility index (Phi) is 7.20. The summed E-state index contributed by atoms with van der Waals surface area (Å²) in [5.41, 5.74) is 4.07. The SMILES string of the molecule is COc1ccc(C)cc1N=C1SCCCN1C(=O)CCOc1cc(C)ccc1C. The van der Waals surface area contributed by atoms with Gasteiger partial charge in [-0.1, -0.05) is 30.0 Å². The predicted octanol–water partition coefficient (Wildman–Crippen LogP) is 5.04. The van der Waals surface area contributed by atoms with Crippen molar-refractivity contribution >= 4 is 28.5 Å². The van der Waals surface area contributed by atoms with Crippen molar-refractivity contribution in [2.75, 3.05) is 26.0 Å². The molecule has 0 aromatic heterocycles. The van der Waals surface area contributed by atoms with Crippen molar-refractivity contribution in [1.82, 2.24) is 4.90 Å². The van der Waals surface area contributed by atoms with Crippen molar-refractivity contribution in [1.29, 1.82) is 0 Å². The van der Waals surface area contributed by atoms with Crippen LogP contribution in [0.4, 0.5) is 5.69 Å². The van der Waals surface area contributed by atoms with Crippen LogP contribution < -0.4 is 9.47 Å². The van der Waals surface area contributed by atoms with Gasteiger partial charge in [-0.25, -0.2) is 4.99 Å². The number of hydrogen-bond donors (Lipinski definition) is 0. The Morgan fingerprint density at radius 1 is 1.10 bits per heavy atom. The molecule has 5 nitrogen and oxygen atoms in total.